The van der Waals surface area contributed by atoms with E-state index < -0.39 is 6.10 Å². The van der Waals surface area contributed by atoms with Crippen molar-refractivity contribution in [3.63, 3.8) is 0 Å². The van der Waals surface area contributed by atoms with Gasteiger partial charge in [-0.15, -0.1) is 12.4 Å². The van der Waals surface area contributed by atoms with Gasteiger partial charge in [0.1, 0.15) is 12.2 Å². The van der Waals surface area contributed by atoms with Crippen molar-refractivity contribution in [2.45, 2.75) is 38.0 Å². The summed E-state index contributed by atoms with van der Waals surface area (Å²) in [6.45, 7) is 4.78. The Morgan fingerprint density at radius 3 is 2.70 bits per heavy atom. The van der Waals surface area contributed by atoms with Crippen LogP contribution < -0.4 is 10.6 Å². The smallest absolute Gasteiger partial charge is 0.250 e. The number of carbonyl (C=O) groups is 1. The minimum atomic E-state index is -0.394. The molecule has 3 rings (SSSR count). The van der Waals surface area contributed by atoms with Crippen LogP contribution in [0, 0.1) is 6.92 Å². The van der Waals surface area contributed by atoms with E-state index in [1.54, 1.807) is 0 Å². The standard InChI is InChI=1S/C17H24N2O3.ClH/c1-12-4-6-13(7-5-12)16-14(3-2-9-22-16)19-17(20)15-11-18-8-10-21-15;/h4-7,14-16,18H,2-3,8-11H2,1H3,(H,19,20);1H. The molecular formula is C17H25ClN2O3. The fourth-order valence-electron chi connectivity index (χ4n) is 3.02. The molecule has 0 saturated carbocycles. The number of carbonyl (C=O) groups excluding carboxylic acids is 1. The predicted molar refractivity (Wildman–Crippen MR) is 90.9 cm³/mol. The maximum absolute atomic E-state index is 12.4. The quantitative estimate of drug-likeness (QED) is 0.880. The number of rotatable bonds is 3. The molecule has 2 fully saturated rings. The number of benzene rings is 1. The summed E-state index contributed by atoms with van der Waals surface area (Å²) in [6, 6.07) is 8.35. The van der Waals surface area contributed by atoms with E-state index in [-0.39, 0.29) is 30.5 Å². The molecule has 0 bridgehead atoms. The third-order valence-corrected chi connectivity index (χ3v) is 4.28. The van der Waals surface area contributed by atoms with Gasteiger partial charge in [0.2, 0.25) is 0 Å². The zero-order valence-corrected chi connectivity index (χ0v) is 14.2. The molecule has 23 heavy (non-hydrogen) atoms. The first-order chi connectivity index (χ1) is 10.7. The second-order valence-corrected chi connectivity index (χ2v) is 6.02. The van der Waals surface area contributed by atoms with Gasteiger partial charge < -0.3 is 20.1 Å². The van der Waals surface area contributed by atoms with Crippen LogP contribution in [0.25, 0.3) is 0 Å². The molecule has 6 heteroatoms. The summed E-state index contributed by atoms with van der Waals surface area (Å²) >= 11 is 0. The fourth-order valence-corrected chi connectivity index (χ4v) is 3.02. The zero-order chi connectivity index (χ0) is 15.4. The molecule has 1 aromatic rings. The number of halogens is 1. The minimum absolute atomic E-state index is 0. The summed E-state index contributed by atoms with van der Waals surface area (Å²) in [7, 11) is 0. The van der Waals surface area contributed by atoms with E-state index in [0.717, 1.165) is 31.6 Å². The van der Waals surface area contributed by atoms with Crippen molar-refractivity contribution in [3.05, 3.63) is 35.4 Å². The topological polar surface area (TPSA) is 59.6 Å². The first-order valence-electron chi connectivity index (χ1n) is 8.05. The van der Waals surface area contributed by atoms with Crippen molar-refractivity contribution in [2.75, 3.05) is 26.3 Å². The molecule has 0 radical (unpaired) electrons. The molecule has 2 saturated heterocycles. The van der Waals surface area contributed by atoms with Gasteiger partial charge in [-0.2, -0.15) is 0 Å². The molecule has 2 aliphatic heterocycles. The second-order valence-electron chi connectivity index (χ2n) is 6.02. The SMILES string of the molecule is Cc1ccc(C2OCCCC2NC(=O)C2CNCCO2)cc1.Cl. The van der Waals surface area contributed by atoms with Crippen LogP contribution in [-0.2, 0) is 14.3 Å². The lowest BCUT2D eigenvalue weighted by Crippen LogP contribution is -2.52. The molecule has 3 unspecified atom stereocenters. The van der Waals surface area contributed by atoms with Gasteiger partial charge in [0.05, 0.1) is 12.6 Å². The number of nitrogens with one attached hydrogen (secondary N) is 2. The number of hydrogen-bond acceptors (Lipinski definition) is 4. The number of morpholine rings is 1. The van der Waals surface area contributed by atoms with Crippen LogP contribution in [0.5, 0.6) is 0 Å². The summed E-state index contributed by atoms with van der Waals surface area (Å²) in [5.41, 5.74) is 2.35. The molecule has 5 nitrogen and oxygen atoms in total. The van der Waals surface area contributed by atoms with Crippen molar-refractivity contribution in [2.24, 2.45) is 0 Å². The Hall–Kier alpha value is -1.14. The number of hydrogen-bond donors (Lipinski definition) is 2. The van der Waals surface area contributed by atoms with Crippen molar-refractivity contribution in [1.29, 1.82) is 0 Å². The van der Waals surface area contributed by atoms with Crippen molar-refractivity contribution < 1.29 is 14.3 Å². The molecule has 2 N–H and O–H groups in total. The van der Waals surface area contributed by atoms with Gasteiger partial charge >= 0.3 is 0 Å². The summed E-state index contributed by atoms with van der Waals surface area (Å²) < 4.78 is 11.5. The van der Waals surface area contributed by atoms with E-state index in [9.17, 15) is 4.79 Å². The van der Waals surface area contributed by atoms with E-state index in [0.29, 0.717) is 13.2 Å². The normalized spacial score (nSPS) is 27.8. The van der Waals surface area contributed by atoms with Gasteiger partial charge in [-0.25, -0.2) is 0 Å². The molecule has 1 aromatic carbocycles. The van der Waals surface area contributed by atoms with Crippen LogP contribution in [0.1, 0.15) is 30.1 Å². The fraction of sp³-hybridized carbons (Fsp3) is 0.588. The van der Waals surface area contributed by atoms with Crippen molar-refractivity contribution in [1.82, 2.24) is 10.6 Å². The molecule has 1 amide bonds. The average molecular weight is 341 g/mol. The molecule has 3 atom stereocenters. The summed E-state index contributed by atoms with van der Waals surface area (Å²) in [4.78, 5) is 12.4. The first-order valence-corrected chi connectivity index (χ1v) is 8.05. The van der Waals surface area contributed by atoms with Crippen LogP contribution in [-0.4, -0.2) is 44.4 Å². The Balaban J connectivity index is 0.00000192. The highest BCUT2D eigenvalue weighted by Gasteiger charge is 2.31. The molecule has 0 spiro atoms. The van der Waals surface area contributed by atoms with Crippen LogP contribution in [0.4, 0.5) is 0 Å². The average Bonchev–Trinajstić information content (AvgIpc) is 2.57. The Labute approximate surface area is 143 Å². The Kier molecular flexibility index (Phi) is 6.84. The van der Waals surface area contributed by atoms with Crippen LogP contribution in [0.2, 0.25) is 0 Å². The highest BCUT2D eigenvalue weighted by atomic mass is 35.5. The first kappa shape index (κ1) is 18.2. The highest BCUT2D eigenvalue weighted by Crippen LogP contribution is 2.28. The molecule has 0 aliphatic carbocycles. The highest BCUT2D eigenvalue weighted by molar-refractivity contribution is 5.85. The molecule has 2 aliphatic rings. The molecular weight excluding hydrogens is 316 g/mol. The lowest BCUT2D eigenvalue weighted by Gasteiger charge is -2.34. The van der Waals surface area contributed by atoms with E-state index in [1.807, 2.05) is 0 Å². The third kappa shape index (κ3) is 4.67. The monoisotopic (exact) mass is 340 g/mol. The van der Waals surface area contributed by atoms with Crippen LogP contribution in [0.15, 0.2) is 24.3 Å². The van der Waals surface area contributed by atoms with Crippen LogP contribution in [0.3, 0.4) is 0 Å². The Bertz CT molecular complexity index is 503. The van der Waals surface area contributed by atoms with Crippen molar-refractivity contribution in [3.8, 4) is 0 Å². The third-order valence-electron chi connectivity index (χ3n) is 4.28. The predicted octanol–water partition coefficient (Wildman–Crippen LogP) is 1.74. The van der Waals surface area contributed by atoms with Gasteiger partial charge in [0.15, 0.2) is 0 Å². The summed E-state index contributed by atoms with van der Waals surface area (Å²) in [6.07, 6.45) is 1.44. The Morgan fingerprint density at radius 2 is 2.00 bits per heavy atom. The summed E-state index contributed by atoms with van der Waals surface area (Å²) in [5.74, 6) is -0.0418. The van der Waals surface area contributed by atoms with E-state index in [4.69, 9.17) is 9.47 Å². The lowest BCUT2D eigenvalue weighted by atomic mass is 9.95. The maximum atomic E-state index is 12.4. The number of aryl methyl sites for hydroxylation is 1. The largest absolute Gasteiger partial charge is 0.371 e. The van der Waals surface area contributed by atoms with E-state index >= 15 is 0 Å². The van der Waals surface area contributed by atoms with Crippen LogP contribution >= 0.6 is 12.4 Å². The second kappa shape index (κ2) is 8.64. The minimum Gasteiger partial charge on any atom is -0.371 e. The maximum Gasteiger partial charge on any atom is 0.250 e. The van der Waals surface area contributed by atoms with E-state index in [1.165, 1.54) is 5.56 Å². The molecule has 128 valence electrons. The Morgan fingerprint density at radius 1 is 1.22 bits per heavy atom. The van der Waals surface area contributed by atoms with Gasteiger partial charge in [-0.3, -0.25) is 4.79 Å². The lowest BCUT2D eigenvalue weighted by molar-refractivity contribution is -0.137. The zero-order valence-electron chi connectivity index (χ0n) is 13.4. The van der Waals surface area contributed by atoms with Gasteiger partial charge in [-0.1, -0.05) is 29.8 Å². The number of amides is 1. The van der Waals surface area contributed by atoms with Gasteiger partial charge in [0.25, 0.3) is 5.91 Å². The van der Waals surface area contributed by atoms with Crippen molar-refractivity contribution >= 4 is 18.3 Å². The summed E-state index contributed by atoms with van der Waals surface area (Å²) in [5, 5.41) is 6.31. The van der Waals surface area contributed by atoms with Gasteiger partial charge in [-0.05, 0) is 25.3 Å². The number of ether oxygens (including phenoxy) is 2. The van der Waals surface area contributed by atoms with E-state index in [2.05, 4.69) is 41.8 Å². The van der Waals surface area contributed by atoms with Gasteiger partial charge in [0, 0.05) is 19.7 Å². The molecule has 0 aromatic heterocycles. The molecule has 2 heterocycles.